The Bertz CT molecular complexity index is 1960. The van der Waals surface area contributed by atoms with Gasteiger partial charge >= 0.3 is 0 Å². The standard InChI is InChI=1S/C42H35NO3P/c1-30-25-35(46-3)27-33(41(30)39-24-19-31(28-43)26-40(39)42(44)32-20-22-34(45-2)23-21-32)29-47(36-13-7-4-8-14-36,37-15-9-5-10-16-37)38-17-11-6-12-18-38/h4-27H,29H2,1-3H3/q+1. The second-order valence-corrected chi connectivity index (χ2v) is 14.9. The van der Waals surface area contributed by atoms with Gasteiger partial charge in [-0.15, -0.1) is 0 Å². The van der Waals surface area contributed by atoms with Crippen LogP contribution in [0.25, 0.3) is 11.1 Å². The number of carbonyl (C=O) groups excluding carboxylic acids is 1. The highest BCUT2D eigenvalue weighted by Gasteiger charge is 2.46. The van der Waals surface area contributed by atoms with Crippen LogP contribution in [0.1, 0.15) is 32.6 Å². The van der Waals surface area contributed by atoms with Crippen molar-refractivity contribution in [1.82, 2.24) is 0 Å². The Balaban J connectivity index is 1.63. The van der Waals surface area contributed by atoms with E-state index < -0.39 is 7.26 Å². The molecule has 6 aromatic carbocycles. The third-order valence-corrected chi connectivity index (χ3v) is 13.0. The smallest absolute Gasteiger partial charge is 0.193 e. The highest BCUT2D eigenvalue weighted by molar-refractivity contribution is 7.95. The summed E-state index contributed by atoms with van der Waals surface area (Å²) in [5.74, 6) is 1.27. The maximum atomic E-state index is 14.2. The number of ketones is 1. The summed E-state index contributed by atoms with van der Waals surface area (Å²) >= 11 is 0. The number of methoxy groups -OCH3 is 2. The number of aryl methyl sites for hydroxylation is 1. The molecule has 0 aliphatic carbocycles. The maximum Gasteiger partial charge on any atom is 0.193 e. The first-order valence-corrected chi connectivity index (χ1v) is 17.4. The zero-order chi connectivity index (χ0) is 32.8. The van der Waals surface area contributed by atoms with Crippen molar-refractivity contribution in [3.8, 4) is 28.7 Å². The van der Waals surface area contributed by atoms with Crippen LogP contribution in [0.2, 0.25) is 0 Å². The SMILES string of the molecule is COc1ccc(C(=O)c2cc(C#N)ccc2-c2c(C)cc(OC)cc2C[P+](c2ccccc2)(c2ccccc2)c2ccccc2)cc1. The zero-order valence-corrected chi connectivity index (χ0v) is 27.6. The third kappa shape index (κ3) is 6.19. The van der Waals surface area contributed by atoms with E-state index in [0.29, 0.717) is 28.6 Å². The number of benzene rings is 6. The molecule has 6 aromatic rings. The lowest BCUT2D eigenvalue weighted by atomic mass is 9.88. The Morgan fingerprint density at radius 2 is 1.19 bits per heavy atom. The normalized spacial score (nSPS) is 11.0. The van der Waals surface area contributed by atoms with Gasteiger partial charge < -0.3 is 9.47 Å². The van der Waals surface area contributed by atoms with E-state index in [9.17, 15) is 10.1 Å². The summed E-state index contributed by atoms with van der Waals surface area (Å²) in [5, 5.41) is 13.6. The molecule has 47 heavy (non-hydrogen) atoms. The van der Waals surface area contributed by atoms with Gasteiger partial charge in [-0.1, -0.05) is 60.7 Å². The minimum Gasteiger partial charge on any atom is -0.497 e. The minimum absolute atomic E-state index is 0.156. The van der Waals surface area contributed by atoms with Crippen LogP contribution in [0.3, 0.4) is 0 Å². The molecule has 0 heterocycles. The molecule has 0 unspecified atom stereocenters. The van der Waals surface area contributed by atoms with E-state index in [-0.39, 0.29) is 5.78 Å². The van der Waals surface area contributed by atoms with Crippen LogP contribution in [0.5, 0.6) is 11.5 Å². The summed E-state index contributed by atoms with van der Waals surface area (Å²) in [6.45, 7) is 2.06. The van der Waals surface area contributed by atoms with Crippen LogP contribution in [-0.2, 0) is 6.16 Å². The Hall–Kier alpha value is -5.49. The summed E-state index contributed by atoms with van der Waals surface area (Å²) in [6, 6.07) is 51.2. The van der Waals surface area contributed by atoms with Crippen LogP contribution in [0.15, 0.2) is 146 Å². The number of rotatable bonds is 10. The molecule has 0 N–H and O–H groups in total. The number of hydrogen-bond acceptors (Lipinski definition) is 4. The van der Waals surface area contributed by atoms with Crippen LogP contribution in [-0.4, -0.2) is 20.0 Å². The Kier molecular flexibility index (Phi) is 9.30. The average molecular weight is 633 g/mol. The zero-order valence-electron chi connectivity index (χ0n) is 26.7. The lowest BCUT2D eigenvalue weighted by molar-refractivity contribution is 0.103. The largest absolute Gasteiger partial charge is 0.497 e. The summed E-state index contributed by atoms with van der Waals surface area (Å²) in [4.78, 5) is 14.2. The maximum absolute atomic E-state index is 14.2. The second-order valence-electron chi connectivity index (χ2n) is 11.4. The van der Waals surface area contributed by atoms with Gasteiger partial charge in [-0.25, -0.2) is 0 Å². The molecule has 230 valence electrons. The molecule has 0 aliphatic rings. The molecule has 0 fully saturated rings. The molecule has 0 aliphatic heterocycles. The van der Waals surface area contributed by atoms with Crippen molar-refractivity contribution >= 4 is 29.0 Å². The summed E-state index contributed by atoms with van der Waals surface area (Å²) in [6.07, 6.45) is 0.689. The molecule has 0 spiro atoms. The number of nitriles is 1. The van der Waals surface area contributed by atoms with Gasteiger partial charge in [0, 0.05) is 16.7 Å². The van der Waals surface area contributed by atoms with Crippen molar-refractivity contribution < 1.29 is 14.3 Å². The van der Waals surface area contributed by atoms with Gasteiger partial charge in [0.1, 0.15) is 34.7 Å². The highest BCUT2D eigenvalue weighted by Crippen LogP contribution is 2.59. The third-order valence-electron chi connectivity index (χ3n) is 8.64. The molecule has 0 saturated heterocycles. The monoisotopic (exact) mass is 632 g/mol. The van der Waals surface area contributed by atoms with Gasteiger partial charge in [0.2, 0.25) is 0 Å². The van der Waals surface area contributed by atoms with Gasteiger partial charge in [-0.2, -0.15) is 5.26 Å². The van der Waals surface area contributed by atoms with Crippen molar-refractivity contribution in [2.24, 2.45) is 0 Å². The van der Waals surface area contributed by atoms with E-state index in [1.54, 1.807) is 50.6 Å². The predicted octanol–water partition coefficient (Wildman–Crippen LogP) is 8.28. The molecule has 0 saturated carbocycles. The molecule has 0 radical (unpaired) electrons. The van der Waals surface area contributed by atoms with Crippen LogP contribution in [0, 0.1) is 18.3 Å². The molecule has 5 heteroatoms. The number of carbonyl (C=O) groups is 1. The molecule has 6 rings (SSSR count). The van der Waals surface area contributed by atoms with Crippen LogP contribution in [0.4, 0.5) is 0 Å². The quantitative estimate of drug-likeness (QED) is 0.113. The van der Waals surface area contributed by atoms with Crippen molar-refractivity contribution in [3.63, 3.8) is 0 Å². The minimum atomic E-state index is -2.30. The Morgan fingerprint density at radius 3 is 1.68 bits per heavy atom. The molecule has 0 atom stereocenters. The van der Waals surface area contributed by atoms with Crippen molar-refractivity contribution in [3.05, 3.63) is 173 Å². The fraction of sp³-hybridized carbons (Fsp3) is 0.0952. The number of hydrogen-bond donors (Lipinski definition) is 0. The van der Waals surface area contributed by atoms with E-state index in [0.717, 1.165) is 28.0 Å². The van der Waals surface area contributed by atoms with Gasteiger partial charge in [0.15, 0.2) is 5.78 Å². The first kappa shape index (κ1) is 31.5. The average Bonchev–Trinajstić information content (AvgIpc) is 3.14. The van der Waals surface area contributed by atoms with E-state index in [1.807, 2.05) is 12.1 Å². The number of ether oxygens (including phenoxy) is 2. The molecule has 0 aromatic heterocycles. The highest BCUT2D eigenvalue weighted by atomic mass is 31.2. The van der Waals surface area contributed by atoms with Gasteiger partial charge in [0.05, 0.1) is 32.0 Å². The van der Waals surface area contributed by atoms with Crippen molar-refractivity contribution in [2.75, 3.05) is 14.2 Å². The van der Waals surface area contributed by atoms with Crippen LogP contribution < -0.4 is 25.4 Å². The Morgan fingerprint density at radius 1 is 0.660 bits per heavy atom. The fourth-order valence-corrected chi connectivity index (χ4v) is 10.6. The van der Waals surface area contributed by atoms with Crippen molar-refractivity contribution in [1.29, 1.82) is 5.26 Å². The van der Waals surface area contributed by atoms with E-state index >= 15 is 0 Å². The lowest BCUT2D eigenvalue weighted by Crippen LogP contribution is -2.32. The van der Waals surface area contributed by atoms with Crippen LogP contribution >= 0.6 is 7.26 Å². The van der Waals surface area contributed by atoms with Crippen molar-refractivity contribution in [2.45, 2.75) is 13.1 Å². The molecule has 0 amide bonds. The van der Waals surface area contributed by atoms with Gasteiger partial charge in [-0.3, -0.25) is 4.79 Å². The molecule has 0 bridgehead atoms. The van der Waals surface area contributed by atoms with E-state index in [2.05, 4.69) is 110 Å². The van der Waals surface area contributed by atoms with E-state index in [4.69, 9.17) is 9.47 Å². The molecule has 4 nitrogen and oxygen atoms in total. The fourth-order valence-electron chi connectivity index (χ4n) is 6.39. The summed E-state index contributed by atoms with van der Waals surface area (Å²) in [5.41, 5.74) is 5.24. The molecular formula is C42H35NO3P+. The predicted molar refractivity (Wildman–Crippen MR) is 193 cm³/mol. The topological polar surface area (TPSA) is 59.3 Å². The van der Waals surface area contributed by atoms with E-state index in [1.165, 1.54) is 15.9 Å². The summed E-state index contributed by atoms with van der Waals surface area (Å²) < 4.78 is 11.2. The Labute approximate surface area is 277 Å². The first-order valence-electron chi connectivity index (χ1n) is 15.4. The summed E-state index contributed by atoms with van der Waals surface area (Å²) in [7, 11) is 0.986. The number of nitrogens with zero attached hydrogens (tertiary/aromatic N) is 1. The second kappa shape index (κ2) is 13.9. The molecular weight excluding hydrogens is 597 g/mol. The lowest BCUT2D eigenvalue weighted by Gasteiger charge is -2.29. The van der Waals surface area contributed by atoms with Gasteiger partial charge in [0.25, 0.3) is 0 Å². The first-order chi connectivity index (χ1) is 23.0. The van der Waals surface area contributed by atoms with Gasteiger partial charge in [-0.05, 0) is 109 Å².